The average Bonchev–Trinajstić information content (AvgIpc) is 3.35. The van der Waals surface area contributed by atoms with Crippen LogP contribution in [0.25, 0.3) is 0 Å². The van der Waals surface area contributed by atoms with Crippen molar-refractivity contribution in [2.75, 3.05) is 78.8 Å². The molecule has 5 aliphatic heterocycles. The number of fused-ring (bicyclic) bond motifs is 1. The molecule has 2 spiro atoms. The number of hydrogen-bond donors (Lipinski definition) is 3. The van der Waals surface area contributed by atoms with Gasteiger partial charge < -0.3 is 35.3 Å². The van der Waals surface area contributed by atoms with Crippen molar-refractivity contribution in [3.8, 4) is 0 Å². The monoisotopic (exact) mass is 640 g/mol. The van der Waals surface area contributed by atoms with E-state index in [1.54, 1.807) is 0 Å². The molecule has 46 heavy (non-hydrogen) atoms. The second kappa shape index (κ2) is 20.3. The summed E-state index contributed by atoms with van der Waals surface area (Å²) in [6.07, 6.45) is 17.7. The standard InChI is InChI=1S/C14H23NO2.C14H17NO.C8H18N2O.C2H6/c1-4-5-12-13(11(2)3)17-14(10-16-12)6-8-15-9-7-14;1-2-4-12-6-11-16-14(13(12)5-3-1)7-9-15-10-8-14;1-8(6-9)7-10-2-4-11-5-3-10;1-2/h4-5,11,15H,6-10H2,1-3H3;1,3-5,15H,6-11H2;8H,2-7,9H2,1H3;1-2H3/b5-4-;;;. The lowest BCUT2D eigenvalue weighted by atomic mass is 9.79. The smallest absolute Gasteiger partial charge is 0.157 e. The highest BCUT2D eigenvalue weighted by Gasteiger charge is 2.41. The Labute approximate surface area is 280 Å². The lowest BCUT2D eigenvalue weighted by Crippen LogP contribution is -2.49. The maximum Gasteiger partial charge on any atom is 0.157 e. The fourth-order valence-electron chi connectivity index (χ4n) is 6.57. The number of nitrogens with zero attached hydrogens (tertiary/aromatic N) is 1. The van der Waals surface area contributed by atoms with Gasteiger partial charge in [-0.1, -0.05) is 52.8 Å². The van der Waals surface area contributed by atoms with Gasteiger partial charge in [0, 0.05) is 38.4 Å². The Morgan fingerprint density at radius 3 is 2.30 bits per heavy atom. The summed E-state index contributed by atoms with van der Waals surface area (Å²) in [5, 5.41) is 6.78. The molecule has 0 saturated carbocycles. The van der Waals surface area contributed by atoms with Crippen LogP contribution in [0.15, 0.2) is 64.9 Å². The van der Waals surface area contributed by atoms with Crippen molar-refractivity contribution in [2.45, 2.75) is 84.8 Å². The van der Waals surface area contributed by atoms with Gasteiger partial charge in [0.1, 0.15) is 18.0 Å². The van der Waals surface area contributed by atoms with Crippen LogP contribution in [0.3, 0.4) is 0 Å². The van der Waals surface area contributed by atoms with Crippen LogP contribution in [0.1, 0.15) is 73.6 Å². The van der Waals surface area contributed by atoms with Gasteiger partial charge in [-0.05, 0) is 94.2 Å². The maximum absolute atomic E-state index is 6.30. The van der Waals surface area contributed by atoms with E-state index in [1.807, 2.05) is 39.0 Å². The molecule has 260 valence electrons. The first kappa shape index (κ1) is 38.3. The summed E-state index contributed by atoms with van der Waals surface area (Å²) in [6.45, 7) is 24.0. The van der Waals surface area contributed by atoms with Crippen LogP contribution in [0.5, 0.6) is 0 Å². The lowest BCUT2D eigenvalue weighted by molar-refractivity contribution is -0.107. The largest absolute Gasteiger partial charge is 0.486 e. The number of nitrogens with two attached hydrogens (primary N) is 1. The Hall–Kier alpha value is -2.16. The number of hydrogen-bond acceptors (Lipinski definition) is 8. The maximum atomic E-state index is 6.30. The van der Waals surface area contributed by atoms with Gasteiger partial charge in [0.25, 0.3) is 0 Å². The molecule has 1 atom stereocenters. The van der Waals surface area contributed by atoms with Crippen LogP contribution in [-0.2, 0) is 18.9 Å². The molecule has 3 saturated heterocycles. The molecule has 6 aliphatic rings. The van der Waals surface area contributed by atoms with Gasteiger partial charge in [0.05, 0.1) is 25.4 Å². The van der Waals surface area contributed by atoms with Crippen molar-refractivity contribution in [1.82, 2.24) is 15.5 Å². The summed E-state index contributed by atoms with van der Waals surface area (Å²) >= 11 is 0. The van der Waals surface area contributed by atoms with E-state index >= 15 is 0 Å². The van der Waals surface area contributed by atoms with E-state index in [0.717, 1.165) is 116 Å². The van der Waals surface area contributed by atoms with E-state index < -0.39 is 0 Å². The fourth-order valence-corrected chi connectivity index (χ4v) is 6.57. The molecule has 0 aromatic heterocycles. The van der Waals surface area contributed by atoms with Gasteiger partial charge in [-0.3, -0.25) is 4.90 Å². The number of allylic oxidation sites excluding steroid dienone is 5. The van der Waals surface area contributed by atoms with Crippen LogP contribution in [0.2, 0.25) is 0 Å². The van der Waals surface area contributed by atoms with E-state index in [-0.39, 0.29) is 11.2 Å². The minimum Gasteiger partial charge on any atom is -0.486 e. The zero-order valence-corrected chi connectivity index (χ0v) is 29.8. The van der Waals surface area contributed by atoms with Crippen molar-refractivity contribution >= 4 is 0 Å². The van der Waals surface area contributed by atoms with Crippen LogP contribution >= 0.6 is 0 Å². The van der Waals surface area contributed by atoms with E-state index in [1.165, 1.54) is 11.1 Å². The highest BCUT2D eigenvalue weighted by Crippen LogP contribution is 2.39. The molecule has 8 heteroatoms. The molecule has 0 bridgehead atoms. The van der Waals surface area contributed by atoms with Crippen molar-refractivity contribution < 1.29 is 18.9 Å². The Balaban J connectivity index is 0.000000187. The zero-order chi connectivity index (χ0) is 33.3. The Kier molecular flexibility index (Phi) is 16.9. The van der Waals surface area contributed by atoms with Gasteiger partial charge in [-0.25, -0.2) is 0 Å². The van der Waals surface area contributed by atoms with Crippen LogP contribution in [-0.4, -0.2) is 94.9 Å². The van der Waals surface area contributed by atoms with Crippen molar-refractivity contribution in [3.05, 3.63) is 64.9 Å². The van der Waals surface area contributed by atoms with E-state index in [9.17, 15) is 0 Å². The highest BCUT2D eigenvalue weighted by molar-refractivity contribution is 5.44. The second-order valence-corrected chi connectivity index (χ2v) is 13.1. The number of rotatable bonds is 5. The molecular weight excluding hydrogens is 576 g/mol. The van der Waals surface area contributed by atoms with Gasteiger partial charge in [-0.2, -0.15) is 0 Å². The third-order valence-electron chi connectivity index (χ3n) is 9.20. The second-order valence-electron chi connectivity index (χ2n) is 13.1. The predicted octanol–water partition coefficient (Wildman–Crippen LogP) is 5.65. The van der Waals surface area contributed by atoms with E-state index in [0.29, 0.717) is 18.4 Å². The summed E-state index contributed by atoms with van der Waals surface area (Å²) in [6, 6.07) is 0. The third kappa shape index (κ3) is 11.2. The zero-order valence-electron chi connectivity index (χ0n) is 29.8. The summed E-state index contributed by atoms with van der Waals surface area (Å²) in [7, 11) is 0. The van der Waals surface area contributed by atoms with E-state index in [4.69, 9.17) is 24.7 Å². The van der Waals surface area contributed by atoms with Crippen LogP contribution in [0.4, 0.5) is 0 Å². The summed E-state index contributed by atoms with van der Waals surface area (Å²) in [5.74, 6) is 2.91. The Morgan fingerprint density at radius 2 is 1.67 bits per heavy atom. The molecule has 0 amide bonds. The summed E-state index contributed by atoms with van der Waals surface area (Å²) in [4.78, 5) is 2.42. The highest BCUT2D eigenvalue weighted by atomic mass is 16.6. The van der Waals surface area contributed by atoms with Crippen molar-refractivity contribution in [2.24, 2.45) is 17.6 Å². The predicted molar refractivity (Wildman–Crippen MR) is 190 cm³/mol. The minimum atomic E-state index is -0.0874. The molecule has 0 radical (unpaired) electrons. The first-order valence-electron chi connectivity index (χ1n) is 18.0. The lowest BCUT2D eigenvalue weighted by Gasteiger charge is -2.42. The normalized spacial score (nSPS) is 24.1. The molecule has 4 N–H and O–H groups in total. The SMILES string of the molecule is C/C=C\C1=C(C(C)C)OC2(CCNCC2)CO1.C1=CC=CC2=C(C=1)CCOC21CCNCC1.CC.CC(CN)CN1CCOCC1. The molecule has 0 aromatic rings. The van der Waals surface area contributed by atoms with Crippen LogP contribution < -0.4 is 16.4 Å². The molecule has 0 aromatic carbocycles. The number of morpholine rings is 1. The first-order valence-corrected chi connectivity index (χ1v) is 18.0. The van der Waals surface area contributed by atoms with Crippen molar-refractivity contribution in [3.63, 3.8) is 0 Å². The molecule has 8 nitrogen and oxygen atoms in total. The molecular formula is C38H64N4O4. The topological polar surface area (TPSA) is 90.2 Å². The fraction of sp³-hybridized carbons (Fsp3) is 0.711. The minimum absolute atomic E-state index is 0.0221. The number of nitrogens with one attached hydrogen (secondary N) is 2. The summed E-state index contributed by atoms with van der Waals surface area (Å²) < 4.78 is 23.6. The summed E-state index contributed by atoms with van der Waals surface area (Å²) in [5.41, 5.74) is 11.4. The Bertz CT molecular complexity index is 1080. The van der Waals surface area contributed by atoms with Gasteiger partial charge in [-0.15, -0.1) is 5.73 Å². The van der Waals surface area contributed by atoms with E-state index in [2.05, 4.69) is 60.3 Å². The van der Waals surface area contributed by atoms with Gasteiger partial charge >= 0.3 is 0 Å². The first-order chi connectivity index (χ1) is 22.4. The Morgan fingerprint density at radius 1 is 1.00 bits per heavy atom. The number of ether oxygens (including phenoxy) is 4. The third-order valence-corrected chi connectivity index (χ3v) is 9.20. The van der Waals surface area contributed by atoms with Crippen molar-refractivity contribution in [1.29, 1.82) is 0 Å². The number of piperidine rings is 2. The van der Waals surface area contributed by atoms with Gasteiger partial charge in [0.2, 0.25) is 0 Å². The average molecular weight is 641 g/mol. The quantitative estimate of drug-likeness (QED) is 0.333. The van der Waals surface area contributed by atoms with Crippen LogP contribution in [0, 0.1) is 11.8 Å². The molecule has 1 unspecified atom stereocenters. The molecule has 5 heterocycles. The molecule has 3 fully saturated rings. The molecule has 6 rings (SSSR count). The van der Waals surface area contributed by atoms with Gasteiger partial charge in [0.15, 0.2) is 5.76 Å². The molecule has 1 aliphatic carbocycles.